The van der Waals surface area contributed by atoms with Crippen molar-refractivity contribution < 1.29 is 0 Å². The van der Waals surface area contributed by atoms with E-state index in [9.17, 15) is 0 Å². The summed E-state index contributed by atoms with van der Waals surface area (Å²) < 4.78 is 2.47. The Morgan fingerprint density at radius 1 is 1.25 bits per heavy atom. The van der Waals surface area contributed by atoms with Crippen molar-refractivity contribution in [3.05, 3.63) is 47.0 Å². The van der Waals surface area contributed by atoms with Gasteiger partial charge >= 0.3 is 0 Å². The van der Waals surface area contributed by atoms with Gasteiger partial charge in [-0.2, -0.15) is 0 Å². The van der Waals surface area contributed by atoms with Gasteiger partial charge in [0.15, 0.2) is 0 Å². The van der Waals surface area contributed by atoms with E-state index in [4.69, 9.17) is 0 Å². The fourth-order valence-electron chi connectivity index (χ4n) is 1.29. The minimum Gasteiger partial charge on any atom is -0.283 e. The van der Waals surface area contributed by atoms with E-state index in [1.807, 2.05) is 37.3 Å². The Bertz CT molecular complexity index is 490. The van der Waals surface area contributed by atoms with Crippen LogP contribution in [0.3, 0.4) is 0 Å². The van der Waals surface area contributed by atoms with Gasteiger partial charge in [0.25, 0.3) is 0 Å². The minimum atomic E-state index is 0.727. The van der Waals surface area contributed by atoms with Gasteiger partial charge in [0.05, 0.1) is 11.9 Å². The fraction of sp³-hybridized carbons (Fsp3) is 0.0909. The van der Waals surface area contributed by atoms with Gasteiger partial charge in [0.2, 0.25) is 0 Å². The maximum absolute atomic E-state index is 4.44. The van der Waals surface area contributed by atoms with E-state index in [0.717, 1.165) is 21.8 Å². The standard InChI is InChI=1S/C11H10BrN3S/c1-8-13-7-10(11(12)14-8)15(16)9-5-3-2-4-6-9/h2-7,16H,1H3. The summed E-state index contributed by atoms with van der Waals surface area (Å²) in [4.78, 5) is 8.39. The van der Waals surface area contributed by atoms with Crippen molar-refractivity contribution in [2.75, 3.05) is 4.31 Å². The minimum absolute atomic E-state index is 0.727. The van der Waals surface area contributed by atoms with Crippen LogP contribution in [0.25, 0.3) is 0 Å². The first-order chi connectivity index (χ1) is 7.68. The Kier molecular flexibility index (Phi) is 3.46. The molecule has 1 aromatic heterocycles. The second-order valence-corrected chi connectivity index (χ2v) is 4.39. The lowest BCUT2D eigenvalue weighted by Gasteiger charge is -2.18. The molecule has 0 radical (unpaired) electrons. The Morgan fingerprint density at radius 3 is 2.56 bits per heavy atom. The highest BCUT2D eigenvalue weighted by Gasteiger charge is 2.10. The zero-order chi connectivity index (χ0) is 11.5. The van der Waals surface area contributed by atoms with Crippen LogP contribution in [0.15, 0.2) is 41.1 Å². The molecule has 0 saturated heterocycles. The fourth-order valence-corrected chi connectivity index (χ4v) is 2.24. The van der Waals surface area contributed by atoms with Crippen molar-refractivity contribution in [3.63, 3.8) is 0 Å². The van der Waals surface area contributed by atoms with Crippen LogP contribution in [-0.4, -0.2) is 9.97 Å². The molecule has 1 heterocycles. The molecule has 0 unspecified atom stereocenters. The average Bonchev–Trinajstić information content (AvgIpc) is 2.29. The van der Waals surface area contributed by atoms with E-state index in [0.29, 0.717) is 0 Å². The second-order valence-electron chi connectivity index (χ2n) is 3.24. The molecule has 0 fully saturated rings. The number of nitrogens with zero attached hydrogens (tertiary/aromatic N) is 3. The molecule has 0 aliphatic rings. The summed E-state index contributed by atoms with van der Waals surface area (Å²) in [6.45, 7) is 1.85. The van der Waals surface area contributed by atoms with E-state index in [1.54, 1.807) is 10.5 Å². The summed E-state index contributed by atoms with van der Waals surface area (Å²) >= 11 is 7.84. The average molecular weight is 296 g/mol. The summed E-state index contributed by atoms with van der Waals surface area (Å²) in [5.41, 5.74) is 1.79. The van der Waals surface area contributed by atoms with Crippen LogP contribution in [0.1, 0.15) is 5.82 Å². The lowest BCUT2D eigenvalue weighted by molar-refractivity contribution is 1.03. The van der Waals surface area contributed by atoms with Crippen LogP contribution in [0.5, 0.6) is 0 Å². The lowest BCUT2D eigenvalue weighted by Crippen LogP contribution is -2.05. The number of aryl methyl sites for hydroxylation is 1. The summed E-state index contributed by atoms with van der Waals surface area (Å²) in [5.74, 6) is 0.727. The van der Waals surface area contributed by atoms with Crippen LogP contribution in [0.4, 0.5) is 11.4 Å². The molecular weight excluding hydrogens is 286 g/mol. The van der Waals surface area contributed by atoms with Crippen molar-refractivity contribution >= 4 is 40.1 Å². The summed E-state index contributed by atoms with van der Waals surface area (Å²) in [6.07, 6.45) is 1.74. The van der Waals surface area contributed by atoms with Crippen molar-refractivity contribution in [2.45, 2.75) is 6.92 Å². The number of rotatable bonds is 2. The van der Waals surface area contributed by atoms with Crippen molar-refractivity contribution in [1.82, 2.24) is 9.97 Å². The predicted molar refractivity (Wildman–Crippen MR) is 72.0 cm³/mol. The molecular formula is C11H10BrN3S. The summed E-state index contributed by atoms with van der Waals surface area (Å²) in [5, 5.41) is 0. The number of para-hydroxylation sites is 1. The number of thiol groups is 1. The van der Waals surface area contributed by atoms with Gasteiger partial charge in [0, 0.05) is 0 Å². The molecule has 0 saturated carbocycles. The molecule has 0 bridgehead atoms. The van der Waals surface area contributed by atoms with Gasteiger partial charge in [-0.05, 0) is 35.0 Å². The topological polar surface area (TPSA) is 29.0 Å². The van der Waals surface area contributed by atoms with Crippen LogP contribution >= 0.6 is 28.7 Å². The maximum Gasteiger partial charge on any atom is 0.134 e. The van der Waals surface area contributed by atoms with Crippen LogP contribution < -0.4 is 4.31 Å². The first kappa shape index (κ1) is 11.4. The normalized spacial score (nSPS) is 10.2. The van der Waals surface area contributed by atoms with Crippen molar-refractivity contribution in [2.24, 2.45) is 0 Å². The molecule has 2 aromatic rings. The molecule has 2 rings (SSSR count). The zero-order valence-corrected chi connectivity index (χ0v) is 11.1. The largest absolute Gasteiger partial charge is 0.283 e. The SMILES string of the molecule is Cc1ncc(N(S)c2ccccc2)c(Br)n1. The number of anilines is 2. The number of hydrogen-bond donors (Lipinski definition) is 1. The highest BCUT2D eigenvalue weighted by Crippen LogP contribution is 2.31. The molecule has 1 aromatic carbocycles. The van der Waals surface area contributed by atoms with Crippen molar-refractivity contribution in [3.8, 4) is 0 Å². The Balaban J connectivity index is 2.38. The van der Waals surface area contributed by atoms with E-state index >= 15 is 0 Å². The molecule has 5 heteroatoms. The van der Waals surface area contributed by atoms with E-state index in [2.05, 4.69) is 38.7 Å². The van der Waals surface area contributed by atoms with Gasteiger partial charge < -0.3 is 0 Å². The maximum atomic E-state index is 4.44. The predicted octanol–water partition coefficient (Wildman–Crippen LogP) is 3.53. The Morgan fingerprint density at radius 2 is 1.94 bits per heavy atom. The third-order valence-electron chi connectivity index (χ3n) is 2.07. The third-order valence-corrected chi connectivity index (χ3v) is 3.10. The number of benzene rings is 1. The molecule has 0 aliphatic carbocycles. The number of halogens is 1. The van der Waals surface area contributed by atoms with E-state index in [-0.39, 0.29) is 0 Å². The van der Waals surface area contributed by atoms with E-state index < -0.39 is 0 Å². The van der Waals surface area contributed by atoms with Gasteiger partial charge in [-0.3, -0.25) is 4.31 Å². The van der Waals surface area contributed by atoms with Gasteiger partial charge in [0.1, 0.15) is 16.1 Å². The van der Waals surface area contributed by atoms with Gasteiger partial charge in [-0.25, -0.2) is 9.97 Å². The third kappa shape index (κ3) is 2.36. The van der Waals surface area contributed by atoms with Crippen LogP contribution in [0.2, 0.25) is 0 Å². The first-order valence-corrected chi connectivity index (χ1v) is 5.91. The zero-order valence-electron chi connectivity index (χ0n) is 8.63. The quantitative estimate of drug-likeness (QED) is 0.679. The van der Waals surface area contributed by atoms with Crippen LogP contribution in [-0.2, 0) is 0 Å². The van der Waals surface area contributed by atoms with E-state index in [1.165, 1.54) is 0 Å². The monoisotopic (exact) mass is 295 g/mol. The van der Waals surface area contributed by atoms with Crippen molar-refractivity contribution in [1.29, 1.82) is 0 Å². The molecule has 0 atom stereocenters. The number of aromatic nitrogens is 2. The molecule has 0 amide bonds. The highest BCUT2D eigenvalue weighted by molar-refractivity contribution is 9.10. The molecule has 16 heavy (non-hydrogen) atoms. The summed E-state index contributed by atoms with van der Waals surface area (Å²) in [7, 11) is 0. The highest BCUT2D eigenvalue weighted by atomic mass is 79.9. The molecule has 3 nitrogen and oxygen atoms in total. The Hall–Kier alpha value is -1.07. The first-order valence-electron chi connectivity index (χ1n) is 4.71. The molecule has 0 N–H and O–H groups in total. The molecule has 0 spiro atoms. The lowest BCUT2D eigenvalue weighted by atomic mass is 10.3. The number of hydrogen-bond acceptors (Lipinski definition) is 4. The molecule has 0 aliphatic heterocycles. The molecule has 82 valence electrons. The Labute approximate surface area is 108 Å². The smallest absolute Gasteiger partial charge is 0.134 e. The van der Waals surface area contributed by atoms with Gasteiger partial charge in [-0.1, -0.05) is 31.0 Å². The van der Waals surface area contributed by atoms with Gasteiger partial charge in [-0.15, -0.1) is 0 Å². The second kappa shape index (κ2) is 4.84. The summed E-state index contributed by atoms with van der Waals surface area (Å²) in [6, 6.07) is 9.83. The van der Waals surface area contributed by atoms with Crippen LogP contribution in [0, 0.1) is 6.92 Å².